The molecule has 0 bridgehead atoms. The lowest BCUT2D eigenvalue weighted by atomic mass is 10.1. The Hall–Kier alpha value is -1.65. The Kier molecular flexibility index (Phi) is 1.83. The number of pyridine rings is 1. The molecule has 1 atom stereocenters. The minimum atomic E-state index is -0.273. The molecule has 3 rings (SSSR count). The van der Waals surface area contributed by atoms with Crippen LogP contribution < -0.4 is 5.43 Å². The van der Waals surface area contributed by atoms with Crippen molar-refractivity contribution in [2.24, 2.45) is 5.10 Å². The molecule has 0 aromatic carbocycles. The number of hydrazone groups is 1. The van der Waals surface area contributed by atoms with Gasteiger partial charge in [0.1, 0.15) is 18.3 Å². The standard InChI is InChI=1S/C10H11FN4/c11-8-3-7(4-12-5-8)9-1-2-10-14-13-6-15(9)10/h3-5,9,13H,1-2,6H2. The van der Waals surface area contributed by atoms with Crippen LogP contribution in [0.15, 0.2) is 23.6 Å². The monoisotopic (exact) mass is 206 g/mol. The number of fused-ring (bicyclic) bond motifs is 1. The van der Waals surface area contributed by atoms with Crippen LogP contribution in [0.25, 0.3) is 0 Å². The molecule has 0 aliphatic carbocycles. The van der Waals surface area contributed by atoms with Crippen LogP contribution in [-0.2, 0) is 0 Å². The zero-order chi connectivity index (χ0) is 10.3. The summed E-state index contributed by atoms with van der Waals surface area (Å²) in [5.74, 6) is 0.800. The van der Waals surface area contributed by atoms with Gasteiger partial charge in [-0.05, 0) is 18.1 Å². The summed E-state index contributed by atoms with van der Waals surface area (Å²) in [5, 5.41) is 4.17. The van der Waals surface area contributed by atoms with E-state index in [0.29, 0.717) is 0 Å². The average molecular weight is 206 g/mol. The summed E-state index contributed by atoms with van der Waals surface area (Å²) in [6.45, 7) is 0.719. The Morgan fingerprint density at radius 3 is 3.27 bits per heavy atom. The van der Waals surface area contributed by atoms with E-state index in [2.05, 4.69) is 20.4 Å². The SMILES string of the molecule is Fc1cncc(C2CCC3=NNCN32)c1. The lowest BCUT2D eigenvalue weighted by Crippen LogP contribution is -2.27. The van der Waals surface area contributed by atoms with Crippen LogP contribution >= 0.6 is 0 Å². The number of halogens is 1. The molecule has 1 unspecified atom stereocenters. The van der Waals surface area contributed by atoms with Crippen molar-refractivity contribution in [2.45, 2.75) is 18.9 Å². The smallest absolute Gasteiger partial charge is 0.141 e. The van der Waals surface area contributed by atoms with Crippen LogP contribution in [0.5, 0.6) is 0 Å². The zero-order valence-electron chi connectivity index (χ0n) is 8.15. The molecular weight excluding hydrogens is 195 g/mol. The van der Waals surface area contributed by atoms with E-state index in [1.54, 1.807) is 12.3 Å². The fourth-order valence-electron chi connectivity index (χ4n) is 2.23. The molecule has 1 aromatic heterocycles. The first-order chi connectivity index (χ1) is 7.34. The van der Waals surface area contributed by atoms with Gasteiger partial charge in [-0.1, -0.05) is 0 Å². The molecular formula is C10H11FN4. The van der Waals surface area contributed by atoms with Crippen LogP contribution in [0, 0.1) is 5.82 Å². The van der Waals surface area contributed by atoms with Crippen molar-refractivity contribution in [2.75, 3.05) is 6.67 Å². The van der Waals surface area contributed by atoms with Gasteiger partial charge in [0.2, 0.25) is 0 Å². The molecule has 5 heteroatoms. The number of nitrogens with zero attached hydrogens (tertiary/aromatic N) is 3. The molecule has 0 saturated carbocycles. The molecule has 3 heterocycles. The first-order valence-corrected chi connectivity index (χ1v) is 5.01. The molecule has 78 valence electrons. The highest BCUT2D eigenvalue weighted by Crippen LogP contribution is 2.33. The molecule has 15 heavy (non-hydrogen) atoms. The number of hydrogen-bond donors (Lipinski definition) is 1. The number of amidine groups is 1. The summed E-state index contributed by atoms with van der Waals surface area (Å²) in [6, 6.07) is 1.78. The van der Waals surface area contributed by atoms with Crippen molar-refractivity contribution in [1.82, 2.24) is 15.3 Å². The van der Waals surface area contributed by atoms with E-state index in [4.69, 9.17) is 0 Å². The topological polar surface area (TPSA) is 40.5 Å². The highest BCUT2D eigenvalue weighted by atomic mass is 19.1. The van der Waals surface area contributed by atoms with Gasteiger partial charge in [-0.2, -0.15) is 5.10 Å². The normalized spacial score (nSPS) is 23.7. The Labute approximate surface area is 86.8 Å². The molecule has 0 radical (unpaired) electrons. The minimum absolute atomic E-state index is 0.224. The van der Waals surface area contributed by atoms with Gasteiger partial charge in [0.15, 0.2) is 0 Å². The minimum Gasteiger partial charge on any atom is -0.333 e. The van der Waals surface area contributed by atoms with Gasteiger partial charge in [-0.25, -0.2) is 4.39 Å². The predicted molar refractivity (Wildman–Crippen MR) is 53.4 cm³/mol. The maximum Gasteiger partial charge on any atom is 0.141 e. The second kappa shape index (κ2) is 3.18. The van der Waals surface area contributed by atoms with Crippen molar-refractivity contribution in [3.63, 3.8) is 0 Å². The maximum atomic E-state index is 13.0. The Morgan fingerprint density at radius 2 is 2.40 bits per heavy atom. The Balaban J connectivity index is 1.92. The van der Waals surface area contributed by atoms with Crippen LogP contribution in [0.2, 0.25) is 0 Å². The molecule has 0 spiro atoms. The van der Waals surface area contributed by atoms with E-state index in [-0.39, 0.29) is 11.9 Å². The fourth-order valence-corrected chi connectivity index (χ4v) is 2.23. The summed E-state index contributed by atoms with van der Waals surface area (Å²) < 4.78 is 13.0. The van der Waals surface area contributed by atoms with Crippen molar-refractivity contribution in [3.8, 4) is 0 Å². The fraction of sp³-hybridized carbons (Fsp3) is 0.400. The lowest BCUT2D eigenvalue weighted by Gasteiger charge is -2.21. The molecule has 1 saturated heterocycles. The van der Waals surface area contributed by atoms with E-state index < -0.39 is 0 Å². The third-order valence-electron chi connectivity index (χ3n) is 2.91. The van der Waals surface area contributed by atoms with E-state index in [9.17, 15) is 4.39 Å². The van der Waals surface area contributed by atoms with Crippen molar-refractivity contribution >= 4 is 5.84 Å². The highest BCUT2D eigenvalue weighted by molar-refractivity contribution is 5.85. The van der Waals surface area contributed by atoms with Crippen molar-refractivity contribution in [3.05, 3.63) is 29.8 Å². The molecule has 4 nitrogen and oxygen atoms in total. The highest BCUT2D eigenvalue weighted by Gasteiger charge is 2.33. The number of nitrogens with one attached hydrogen (secondary N) is 1. The lowest BCUT2D eigenvalue weighted by molar-refractivity contribution is 0.344. The largest absolute Gasteiger partial charge is 0.333 e. The van der Waals surface area contributed by atoms with Gasteiger partial charge in [0.25, 0.3) is 0 Å². The predicted octanol–water partition coefficient (Wildman–Crippen LogP) is 1.23. The van der Waals surface area contributed by atoms with E-state index in [0.717, 1.165) is 30.9 Å². The first-order valence-electron chi connectivity index (χ1n) is 5.01. The number of rotatable bonds is 1. The van der Waals surface area contributed by atoms with Gasteiger partial charge in [-0.3, -0.25) is 10.4 Å². The maximum absolute atomic E-state index is 13.0. The van der Waals surface area contributed by atoms with Gasteiger partial charge < -0.3 is 4.90 Å². The Morgan fingerprint density at radius 1 is 1.47 bits per heavy atom. The van der Waals surface area contributed by atoms with Crippen LogP contribution in [-0.4, -0.2) is 22.4 Å². The second-order valence-electron chi connectivity index (χ2n) is 3.81. The van der Waals surface area contributed by atoms with Gasteiger partial charge in [0.05, 0.1) is 12.2 Å². The number of hydrogen-bond acceptors (Lipinski definition) is 4. The molecule has 2 aliphatic heterocycles. The molecule has 2 aliphatic rings. The summed E-state index contributed by atoms with van der Waals surface area (Å²) in [6.07, 6.45) is 4.91. The van der Waals surface area contributed by atoms with Crippen molar-refractivity contribution in [1.29, 1.82) is 0 Å². The summed E-state index contributed by atoms with van der Waals surface area (Å²) in [5.41, 5.74) is 3.87. The van der Waals surface area contributed by atoms with E-state index >= 15 is 0 Å². The van der Waals surface area contributed by atoms with Gasteiger partial charge in [0, 0.05) is 12.6 Å². The molecule has 1 aromatic rings. The number of aromatic nitrogens is 1. The third kappa shape index (κ3) is 1.35. The average Bonchev–Trinajstić information content (AvgIpc) is 2.77. The summed E-state index contributed by atoms with van der Waals surface area (Å²) in [7, 11) is 0. The van der Waals surface area contributed by atoms with Crippen LogP contribution in [0.4, 0.5) is 4.39 Å². The van der Waals surface area contributed by atoms with E-state index in [1.807, 2.05) is 0 Å². The summed E-state index contributed by atoms with van der Waals surface area (Å²) >= 11 is 0. The zero-order valence-corrected chi connectivity index (χ0v) is 8.15. The second-order valence-corrected chi connectivity index (χ2v) is 3.81. The van der Waals surface area contributed by atoms with Crippen molar-refractivity contribution < 1.29 is 4.39 Å². The quantitative estimate of drug-likeness (QED) is 0.751. The molecule has 0 amide bonds. The third-order valence-corrected chi connectivity index (χ3v) is 2.91. The van der Waals surface area contributed by atoms with Gasteiger partial charge in [-0.15, -0.1) is 0 Å². The summed E-state index contributed by atoms with van der Waals surface area (Å²) in [4.78, 5) is 6.04. The first kappa shape index (κ1) is 8.64. The molecule has 1 N–H and O–H groups in total. The van der Waals surface area contributed by atoms with E-state index in [1.165, 1.54) is 6.20 Å². The Bertz CT molecular complexity index is 418. The molecule has 1 fully saturated rings. The van der Waals surface area contributed by atoms with Crippen LogP contribution in [0.1, 0.15) is 24.4 Å². The van der Waals surface area contributed by atoms with Gasteiger partial charge >= 0.3 is 0 Å². The van der Waals surface area contributed by atoms with Crippen LogP contribution in [0.3, 0.4) is 0 Å².